The minimum atomic E-state index is -2.33. The van der Waals surface area contributed by atoms with E-state index in [4.69, 9.17) is 33.2 Å². The summed E-state index contributed by atoms with van der Waals surface area (Å²) in [6, 6.07) is 8.22. The second-order valence-electron chi connectivity index (χ2n) is 14.1. The molecule has 4 saturated heterocycles. The highest BCUT2D eigenvalue weighted by Crippen LogP contribution is 2.52. The second kappa shape index (κ2) is 15.4. The van der Waals surface area contributed by atoms with Crippen LogP contribution in [-0.2, 0) is 38.0 Å². The highest BCUT2D eigenvalue weighted by molar-refractivity contribution is 5.89. The van der Waals surface area contributed by atoms with Crippen LogP contribution < -0.4 is 0 Å². The van der Waals surface area contributed by atoms with Crippen LogP contribution in [0.25, 0.3) is 0 Å². The first-order valence-electron chi connectivity index (χ1n) is 17.1. The molecule has 1 aromatic rings. The highest BCUT2D eigenvalue weighted by Gasteiger charge is 2.70. The van der Waals surface area contributed by atoms with Crippen molar-refractivity contribution < 1.29 is 93.8 Å². The molecule has 4 aliphatic heterocycles. The summed E-state index contributed by atoms with van der Waals surface area (Å²) in [5.41, 5.74) is -2.04. The molecule has 52 heavy (non-hydrogen) atoms. The van der Waals surface area contributed by atoms with E-state index in [-0.39, 0.29) is 25.4 Å². The van der Waals surface area contributed by atoms with Crippen molar-refractivity contribution in [2.75, 3.05) is 19.8 Å². The van der Waals surface area contributed by atoms with Gasteiger partial charge in [-0.15, -0.1) is 0 Å². The normalized spacial score (nSPS) is 47.8. The summed E-state index contributed by atoms with van der Waals surface area (Å²) in [7, 11) is 0. The summed E-state index contributed by atoms with van der Waals surface area (Å²) in [4.78, 5) is 26.5. The van der Waals surface area contributed by atoms with Crippen LogP contribution in [0.15, 0.2) is 30.3 Å². The summed E-state index contributed by atoms with van der Waals surface area (Å²) in [5.74, 6) is -5.23. The van der Waals surface area contributed by atoms with Gasteiger partial charge in [-0.2, -0.15) is 0 Å². The number of carbonyl (C=O) groups excluding carboxylic acids is 2. The Morgan fingerprint density at radius 1 is 0.827 bits per heavy atom. The first-order valence-corrected chi connectivity index (χ1v) is 17.1. The molecule has 4 heterocycles. The Balaban J connectivity index is 1.16. The van der Waals surface area contributed by atoms with Crippen LogP contribution in [0.3, 0.4) is 0 Å². The summed E-state index contributed by atoms with van der Waals surface area (Å²) in [6.07, 6.45) is -24.7. The Hall–Kier alpha value is -2.44. The second-order valence-corrected chi connectivity index (χ2v) is 14.1. The van der Waals surface area contributed by atoms with Gasteiger partial charge in [-0.3, -0.25) is 4.79 Å². The molecule has 6 rings (SSSR count). The lowest BCUT2D eigenvalue weighted by Gasteiger charge is -2.46. The maximum atomic E-state index is 13.6. The third kappa shape index (κ3) is 6.98. The molecule has 1 spiro atoms. The molecule has 5 fully saturated rings. The van der Waals surface area contributed by atoms with Crippen molar-refractivity contribution >= 4 is 11.9 Å². The summed E-state index contributed by atoms with van der Waals surface area (Å²) >= 11 is 0. The average molecular weight is 747 g/mol. The first-order chi connectivity index (χ1) is 24.6. The number of esters is 2. The van der Waals surface area contributed by atoms with Crippen LogP contribution in [0.1, 0.15) is 36.5 Å². The van der Waals surface area contributed by atoms with Crippen LogP contribution >= 0.6 is 0 Å². The third-order valence-electron chi connectivity index (χ3n) is 10.8. The van der Waals surface area contributed by atoms with E-state index < -0.39 is 135 Å². The Morgan fingerprint density at radius 3 is 2.12 bits per heavy atom. The van der Waals surface area contributed by atoms with E-state index in [1.807, 2.05) is 0 Å². The van der Waals surface area contributed by atoms with E-state index in [0.29, 0.717) is 5.56 Å². The molecule has 18 unspecified atom stereocenters. The molecule has 292 valence electrons. The van der Waals surface area contributed by atoms with Crippen LogP contribution in [0, 0.1) is 11.8 Å². The molecule has 18 atom stereocenters. The number of hydrogen-bond donors (Lipinski definition) is 10. The molecule has 19 heteroatoms. The lowest BCUT2D eigenvalue weighted by Crippen LogP contribution is -2.65. The lowest BCUT2D eigenvalue weighted by atomic mass is 9.71. The largest absolute Gasteiger partial charge is 0.458 e. The zero-order valence-corrected chi connectivity index (χ0v) is 28.0. The Labute approximate surface area is 296 Å². The molecular formula is C33H46O19. The molecule has 0 radical (unpaired) electrons. The van der Waals surface area contributed by atoms with Crippen molar-refractivity contribution in [3.63, 3.8) is 0 Å². The van der Waals surface area contributed by atoms with Crippen LogP contribution in [-0.4, -0.2) is 180 Å². The highest BCUT2D eigenvalue weighted by atomic mass is 16.8. The standard InChI is InChI=1S/C33H46O19/c1-13-12-46-32(9-16(13)47-27(42)14-5-3-2-4-6-14)31(44)33(45)19(36)7-15(8-20(33)52-32)28(43)51-30-26(24(40)22(38)18(11-35)49-30)50-29-25(41)23(39)21(37)17(10-34)48-29/h2-6,13,15-26,29-31,34-41,44-45H,7-12H2,1H3. The number of ether oxygens (including phenoxy) is 7. The minimum absolute atomic E-state index is 0.0524. The molecule has 0 amide bonds. The number of hydrogen-bond acceptors (Lipinski definition) is 19. The molecule has 1 saturated carbocycles. The van der Waals surface area contributed by atoms with Gasteiger partial charge in [0.05, 0.1) is 43.5 Å². The minimum Gasteiger partial charge on any atom is -0.458 e. The zero-order chi connectivity index (χ0) is 37.7. The van der Waals surface area contributed by atoms with Gasteiger partial charge in [-0.25, -0.2) is 4.79 Å². The molecule has 1 aliphatic carbocycles. The van der Waals surface area contributed by atoms with Gasteiger partial charge in [0.15, 0.2) is 12.4 Å². The smallest absolute Gasteiger partial charge is 0.338 e. The van der Waals surface area contributed by atoms with Crippen molar-refractivity contribution in [1.82, 2.24) is 0 Å². The Bertz CT molecular complexity index is 1400. The van der Waals surface area contributed by atoms with Crippen molar-refractivity contribution in [3.8, 4) is 0 Å². The number of aliphatic hydroxyl groups excluding tert-OH is 9. The molecule has 1 aromatic carbocycles. The number of carbonyl (C=O) groups is 2. The van der Waals surface area contributed by atoms with Gasteiger partial charge in [0.2, 0.25) is 12.1 Å². The summed E-state index contributed by atoms with van der Waals surface area (Å²) < 4.78 is 39.7. The molecule has 0 aromatic heterocycles. The molecular weight excluding hydrogens is 700 g/mol. The van der Waals surface area contributed by atoms with Gasteiger partial charge in [0.25, 0.3) is 0 Å². The summed E-state index contributed by atoms with van der Waals surface area (Å²) in [5, 5.41) is 106. The van der Waals surface area contributed by atoms with Crippen molar-refractivity contribution in [1.29, 1.82) is 0 Å². The maximum absolute atomic E-state index is 13.6. The van der Waals surface area contributed by atoms with Gasteiger partial charge in [0, 0.05) is 12.3 Å². The predicted molar refractivity (Wildman–Crippen MR) is 165 cm³/mol. The fourth-order valence-corrected chi connectivity index (χ4v) is 7.54. The van der Waals surface area contributed by atoms with E-state index in [1.54, 1.807) is 37.3 Å². The SMILES string of the molecule is CC1COC2(CC1OC(=O)c1ccccc1)OC1CC(C(=O)OC3OC(CO)C(O)C(O)C3OC3OC(CO)C(O)C(O)C3O)CC(O)C1(O)C2O. The number of benzene rings is 1. The third-order valence-corrected chi connectivity index (χ3v) is 10.8. The van der Waals surface area contributed by atoms with Crippen molar-refractivity contribution in [2.24, 2.45) is 11.8 Å². The monoisotopic (exact) mass is 746 g/mol. The zero-order valence-electron chi connectivity index (χ0n) is 28.0. The Morgan fingerprint density at radius 2 is 1.46 bits per heavy atom. The van der Waals surface area contributed by atoms with Crippen LogP contribution in [0.2, 0.25) is 0 Å². The quantitative estimate of drug-likeness (QED) is 0.112. The van der Waals surface area contributed by atoms with Gasteiger partial charge in [-0.05, 0) is 25.0 Å². The van der Waals surface area contributed by atoms with E-state index in [2.05, 4.69) is 0 Å². The topological polar surface area (TPSA) is 301 Å². The molecule has 0 bridgehead atoms. The average Bonchev–Trinajstić information content (AvgIpc) is 3.35. The first kappa shape index (κ1) is 39.3. The van der Waals surface area contributed by atoms with Crippen LogP contribution in [0.5, 0.6) is 0 Å². The number of aliphatic hydroxyl groups is 10. The molecule has 19 nitrogen and oxygen atoms in total. The Kier molecular flexibility index (Phi) is 11.6. The van der Waals surface area contributed by atoms with Crippen LogP contribution in [0.4, 0.5) is 0 Å². The van der Waals surface area contributed by atoms with E-state index in [9.17, 15) is 60.7 Å². The van der Waals surface area contributed by atoms with Gasteiger partial charge in [-0.1, -0.05) is 25.1 Å². The van der Waals surface area contributed by atoms with Gasteiger partial charge >= 0.3 is 11.9 Å². The van der Waals surface area contributed by atoms with Crippen molar-refractivity contribution in [2.45, 2.75) is 123 Å². The van der Waals surface area contributed by atoms with E-state index >= 15 is 0 Å². The lowest BCUT2D eigenvalue weighted by molar-refractivity contribution is -0.363. The predicted octanol–water partition coefficient (Wildman–Crippen LogP) is -4.61. The summed E-state index contributed by atoms with van der Waals surface area (Å²) in [6.45, 7) is 0.0633. The number of fused-ring (bicyclic) bond motifs is 1. The molecule has 5 aliphatic rings. The van der Waals surface area contributed by atoms with Gasteiger partial charge < -0.3 is 84.2 Å². The van der Waals surface area contributed by atoms with E-state index in [0.717, 1.165) is 0 Å². The van der Waals surface area contributed by atoms with E-state index in [1.165, 1.54) is 0 Å². The fraction of sp³-hybridized carbons (Fsp3) is 0.758. The fourth-order valence-electron chi connectivity index (χ4n) is 7.54. The molecule has 10 N–H and O–H groups in total. The van der Waals surface area contributed by atoms with Crippen molar-refractivity contribution in [3.05, 3.63) is 35.9 Å². The maximum Gasteiger partial charge on any atom is 0.338 e. The van der Waals surface area contributed by atoms with Gasteiger partial charge in [0.1, 0.15) is 60.5 Å². The number of rotatable bonds is 8.